The van der Waals surface area contributed by atoms with Gasteiger partial charge in [0, 0.05) is 37.6 Å². The summed E-state index contributed by atoms with van der Waals surface area (Å²) < 4.78 is 15.4. The summed E-state index contributed by atoms with van der Waals surface area (Å²) in [4.78, 5) is 40.4. The smallest absolute Gasteiger partial charge is 0.335 e. The predicted molar refractivity (Wildman–Crippen MR) is 114 cm³/mol. The van der Waals surface area contributed by atoms with Gasteiger partial charge in [-0.15, -0.1) is 0 Å². The molecule has 0 unspecified atom stereocenters. The number of carbonyl (C=O) groups is 1. The Morgan fingerprint density at radius 3 is 2.30 bits per heavy atom. The Balaban J connectivity index is 2.19. The summed E-state index contributed by atoms with van der Waals surface area (Å²) in [5, 5.41) is 0.483. The van der Waals surface area contributed by atoms with Crippen LogP contribution in [0.5, 0.6) is 0 Å². The van der Waals surface area contributed by atoms with E-state index < -0.39 is 22.8 Å². The summed E-state index contributed by atoms with van der Waals surface area (Å²) in [5.41, 5.74) is -0.512. The summed E-state index contributed by atoms with van der Waals surface area (Å²) in [6.07, 6.45) is 4.01. The first kappa shape index (κ1) is 21.3. The Kier molecular flexibility index (Phi) is 6.32. The Morgan fingerprint density at radius 2 is 1.70 bits per heavy atom. The molecule has 3 rings (SSSR count). The predicted octanol–water partition coefficient (Wildman–Crippen LogP) is 3.10. The van der Waals surface area contributed by atoms with Gasteiger partial charge in [0.2, 0.25) is 0 Å². The summed E-state index contributed by atoms with van der Waals surface area (Å²) in [6.45, 7) is -0.107. The number of rotatable bonds is 6. The van der Waals surface area contributed by atoms with Crippen LogP contribution in [0.1, 0.15) is 15.9 Å². The van der Waals surface area contributed by atoms with Crippen LogP contribution in [-0.2, 0) is 6.54 Å². The maximum Gasteiger partial charge on any atom is 0.335 e. The van der Waals surface area contributed by atoms with Gasteiger partial charge in [-0.2, -0.15) is 0 Å². The van der Waals surface area contributed by atoms with Crippen LogP contribution in [0.4, 0.5) is 4.39 Å². The van der Waals surface area contributed by atoms with Crippen molar-refractivity contribution in [2.24, 2.45) is 0 Å². The number of ketones is 1. The second-order valence-corrected chi connectivity index (χ2v) is 7.27. The minimum absolute atomic E-state index is 0.107. The average molecular weight is 428 g/mol. The fraction of sp³-hybridized carbons (Fsp3) is 0.136. The molecule has 1 aromatic heterocycles. The monoisotopic (exact) mass is 427 g/mol. The van der Waals surface area contributed by atoms with E-state index in [9.17, 15) is 18.8 Å². The molecule has 8 heteroatoms. The maximum absolute atomic E-state index is 13.2. The number of benzene rings is 2. The van der Waals surface area contributed by atoms with Crippen LogP contribution in [0.15, 0.2) is 76.6 Å². The average Bonchev–Trinajstić information content (AvgIpc) is 2.72. The van der Waals surface area contributed by atoms with E-state index in [1.165, 1.54) is 47.3 Å². The lowest BCUT2D eigenvalue weighted by molar-refractivity contribution is 0.104. The van der Waals surface area contributed by atoms with Crippen LogP contribution in [0.2, 0.25) is 5.02 Å². The number of carbonyl (C=O) groups excluding carboxylic acids is 1. The third-order valence-corrected chi connectivity index (χ3v) is 4.57. The molecular weight excluding hydrogens is 409 g/mol. The molecule has 0 amide bonds. The Morgan fingerprint density at radius 1 is 1.07 bits per heavy atom. The zero-order valence-electron chi connectivity index (χ0n) is 16.4. The lowest BCUT2D eigenvalue weighted by Gasteiger charge is -2.13. The maximum atomic E-state index is 13.2. The lowest BCUT2D eigenvalue weighted by atomic mass is 10.2. The molecule has 0 aliphatic heterocycles. The van der Waals surface area contributed by atoms with Crippen LogP contribution < -0.4 is 11.2 Å². The molecule has 0 radical (unpaired) electrons. The highest BCUT2D eigenvalue weighted by atomic mass is 35.5. The van der Waals surface area contributed by atoms with Crippen molar-refractivity contribution in [3.05, 3.63) is 110 Å². The van der Waals surface area contributed by atoms with E-state index in [-0.39, 0.29) is 12.1 Å². The molecule has 0 saturated carbocycles. The van der Waals surface area contributed by atoms with Crippen molar-refractivity contribution >= 4 is 17.4 Å². The first-order valence-corrected chi connectivity index (χ1v) is 9.40. The van der Waals surface area contributed by atoms with Crippen LogP contribution in [-0.4, -0.2) is 33.9 Å². The molecule has 0 aliphatic carbocycles. The fourth-order valence-corrected chi connectivity index (χ4v) is 2.90. The van der Waals surface area contributed by atoms with E-state index in [1.54, 1.807) is 43.3 Å². The van der Waals surface area contributed by atoms with Gasteiger partial charge in [-0.3, -0.25) is 18.7 Å². The van der Waals surface area contributed by atoms with Gasteiger partial charge < -0.3 is 4.90 Å². The second kappa shape index (κ2) is 8.92. The zero-order valence-corrected chi connectivity index (χ0v) is 17.1. The number of aromatic nitrogens is 2. The van der Waals surface area contributed by atoms with Crippen molar-refractivity contribution in [1.82, 2.24) is 14.0 Å². The van der Waals surface area contributed by atoms with Crippen LogP contribution in [0, 0.1) is 5.82 Å². The van der Waals surface area contributed by atoms with E-state index >= 15 is 0 Å². The van der Waals surface area contributed by atoms with Crippen molar-refractivity contribution in [2.75, 3.05) is 14.1 Å². The Bertz CT molecular complexity index is 1210. The van der Waals surface area contributed by atoms with Gasteiger partial charge in [0.25, 0.3) is 5.56 Å². The SMILES string of the molecule is CN(C)/C=C/C(=O)c1cn(-c2ccc(Cl)cc2)c(=O)n(Cc2ccc(F)cc2)c1=O. The standard InChI is InChI=1S/C22H19ClFN3O3/c1-25(2)12-11-20(28)19-14-26(18-9-5-16(23)6-10-18)22(30)27(21(19)29)13-15-3-7-17(24)8-4-15/h3-12,14H,13H2,1-2H3/b12-11+. The molecule has 0 spiro atoms. The molecule has 0 atom stereocenters. The fourth-order valence-electron chi connectivity index (χ4n) is 2.78. The number of hydrogen-bond donors (Lipinski definition) is 0. The van der Waals surface area contributed by atoms with Gasteiger partial charge >= 0.3 is 5.69 Å². The van der Waals surface area contributed by atoms with E-state index in [2.05, 4.69) is 0 Å². The van der Waals surface area contributed by atoms with Crippen LogP contribution >= 0.6 is 11.6 Å². The molecule has 1 heterocycles. The molecule has 0 N–H and O–H groups in total. The van der Waals surface area contributed by atoms with Crippen molar-refractivity contribution in [2.45, 2.75) is 6.54 Å². The first-order chi connectivity index (χ1) is 14.3. The Labute approximate surface area is 177 Å². The van der Waals surface area contributed by atoms with Gasteiger partial charge in [-0.25, -0.2) is 9.18 Å². The molecule has 154 valence electrons. The van der Waals surface area contributed by atoms with Gasteiger partial charge in [0.1, 0.15) is 11.4 Å². The summed E-state index contributed by atoms with van der Waals surface area (Å²) in [5.74, 6) is -0.966. The number of hydrogen-bond acceptors (Lipinski definition) is 4. The Hall–Kier alpha value is -3.45. The summed E-state index contributed by atoms with van der Waals surface area (Å²) in [7, 11) is 3.48. The third-order valence-electron chi connectivity index (χ3n) is 4.32. The normalized spacial score (nSPS) is 11.1. The van der Waals surface area contributed by atoms with Gasteiger partial charge in [0.05, 0.1) is 12.2 Å². The quantitative estimate of drug-likeness (QED) is 0.448. The molecule has 2 aromatic carbocycles. The van der Waals surface area contributed by atoms with Crippen LogP contribution in [0.25, 0.3) is 5.69 Å². The zero-order chi connectivity index (χ0) is 21.8. The number of allylic oxidation sites excluding steroid dienone is 1. The third kappa shape index (κ3) is 4.75. The minimum Gasteiger partial charge on any atom is -0.383 e. The van der Waals surface area contributed by atoms with Crippen LogP contribution in [0.3, 0.4) is 0 Å². The highest BCUT2D eigenvalue weighted by molar-refractivity contribution is 6.30. The van der Waals surface area contributed by atoms with Crippen molar-refractivity contribution in [3.8, 4) is 5.69 Å². The van der Waals surface area contributed by atoms with Crippen molar-refractivity contribution in [3.63, 3.8) is 0 Å². The molecule has 6 nitrogen and oxygen atoms in total. The number of halogens is 2. The minimum atomic E-state index is -0.719. The molecular formula is C22H19ClFN3O3. The van der Waals surface area contributed by atoms with Crippen molar-refractivity contribution < 1.29 is 9.18 Å². The molecule has 0 bridgehead atoms. The summed E-state index contributed by atoms with van der Waals surface area (Å²) in [6, 6.07) is 11.9. The summed E-state index contributed by atoms with van der Waals surface area (Å²) >= 11 is 5.93. The topological polar surface area (TPSA) is 64.3 Å². The molecule has 0 aliphatic rings. The highest BCUT2D eigenvalue weighted by Crippen LogP contribution is 2.12. The van der Waals surface area contributed by atoms with Gasteiger partial charge in [0.15, 0.2) is 5.78 Å². The molecule has 3 aromatic rings. The largest absolute Gasteiger partial charge is 0.383 e. The van der Waals surface area contributed by atoms with E-state index in [0.717, 1.165) is 4.57 Å². The van der Waals surface area contributed by atoms with E-state index in [4.69, 9.17) is 11.6 Å². The van der Waals surface area contributed by atoms with Gasteiger partial charge in [-0.1, -0.05) is 23.7 Å². The first-order valence-electron chi connectivity index (χ1n) is 9.02. The lowest BCUT2D eigenvalue weighted by Crippen LogP contribution is -2.42. The molecule has 30 heavy (non-hydrogen) atoms. The number of nitrogens with zero attached hydrogens (tertiary/aromatic N) is 3. The molecule has 0 saturated heterocycles. The van der Waals surface area contributed by atoms with Gasteiger partial charge in [-0.05, 0) is 42.0 Å². The second-order valence-electron chi connectivity index (χ2n) is 6.83. The van der Waals surface area contributed by atoms with E-state index in [0.29, 0.717) is 16.3 Å². The molecule has 0 fully saturated rings. The highest BCUT2D eigenvalue weighted by Gasteiger charge is 2.17. The van der Waals surface area contributed by atoms with Crippen molar-refractivity contribution in [1.29, 1.82) is 0 Å². The van der Waals surface area contributed by atoms with E-state index in [1.807, 2.05) is 0 Å².